The fourth-order valence-corrected chi connectivity index (χ4v) is 2.40. The van der Waals surface area contributed by atoms with E-state index in [1.165, 1.54) is 31.8 Å². The molecule has 18 heavy (non-hydrogen) atoms. The van der Waals surface area contributed by atoms with Gasteiger partial charge in [-0.1, -0.05) is 6.42 Å². The Morgan fingerprint density at radius 3 is 2.72 bits per heavy atom. The molecule has 1 aliphatic heterocycles. The van der Waals surface area contributed by atoms with Gasteiger partial charge in [-0.05, 0) is 45.8 Å². The van der Waals surface area contributed by atoms with Crippen LogP contribution in [0.4, 0.5) is 0 Å². The average Bonchev–Trinajstić information content (AvgIpc) is 2.91. The smallest absolute Gasteiger partial charge is 0.254 e. The number of likely N-dealkylation sites (tertiary alicyclic amines) is 1. The van der Waals surface area contributed by atoms with Crippen LogP contribution in [0.3, 0.4) is 0 Å². The van der Waals surface area contributed by atoms with Crippen molar-refractivity contribution < 1.29 is 9.21 Å². The van der Waals surface area contributed by atoms with Crippen molar-refractivity contribution in [3.8, 4) is 0 Å². The molecule has 0 bridgehead atoms. The van der Waals surface area contributed by atoms with Gasteiger partial charge in [0, 0.05) is 12.1 Å². The number of rotatable bonds is 4. The third-order valence-corrected chi connectivity index (χ3v) is 3.68. The molecule has 100 valence electrons. The Labute approximate surface area is 108 Å². The van der Waals surface area contributed by atoms with Crippen LogP contribution in [0.25, 0.3) is 0 Å². The first-order valence-corrected chi connectivity index (χ1v) is 6.65. The summed E-state index contributed by atoms with van der Waals surface area (Å²) in [6.07, 6.45) is 6.85. The van der Waals surface area contributed by atoms with Gasteiger partial charge >= 0.3 is 0 Å². The predicted octanol–water partition coefficient (Wildman–Crippen LogP) is 2.27. The number of hydrogen-bond acceptors (Lipinski definition) is 3. The third kappa shape index (κ3) is 3.13. The third-order valence-electron chi connectivity index (χ3n) is 3.68. The molecule has 1 aromatic heterocycles. The lowest BCUT2D eigenvalue weighted by Crippen LogP contribution is -2.53. The number of amides is 1. The van der Waals surface area contributed by atoms with E-state index in [0.29, 0.717) is 12.1 Å². The second-order valence-corrected chi connectivity index (χ2v) is 5.55. The second-order valence-electron chi connectivity index (χ2n) is 5.55. The predicted molar refractivity (Wildman–Crippen MR) is 70.5 cm³/mol. The first kappa shape index (κ1) is 13.1. The maximum absolute atomic E-state index is 11.8. The molecule has 1 saturated heterocycles. The van der Waals surface area contributed by atoms with Crippen LogP contribution in [0.5, 0.6) is 0 Å². The number of nitrogens with zero attached hydrogens (tertiary/aromatic N) is 1. The van der Waals surface area contributed by atoms with Crippen molar-refractivity contribution in [1.29, 1.82) is 0 Å². The van der Waals surface area contributed by atoms with Gasteiger partial charge in [0.15, 0.2) is 0 Å². The van der Waals surface area contributed by atoms with Gasteiger partial charge in [0.05, 0.1) is 11.8 Å². The summed E-state index contributed by atoms with van der Waals surface area (Å²) in [6, 6.07) is 1.68. The van der Waals surface area contributed by atoms with E-state index in [1.54, 1.807) is 6.07 Å². The zero-order valence-electron chi connectivity index (χ0n) is 11.2. The molecule has 4 nitrogen and oxygen atoms in total. The molecule has 0 radical (unpaired) electrons. The highest BCUT2D eigenvalue weighted by atomic mass is 16.3. The van der Waals surface area contributed by atoms with E-state index in [-0.39, 0.29) is 11.4 Å². The van der Waals surface area contributed by atoms with Crippen molar-refractivity contribution in [3.63, 3.8) is 0 Å². The minimum atomic E-state index is -0.0613. The van der Waals surface area contributed by atoms with Crippen molar-refractivity contribution in [2.45, 2.75) is 38.6 Å². The van der Waals surface area contributed by atoms with Crippen LogP contribution in [-0.2, 0) is 0 Å². The summed E-state index contributed by atoms with van der Waals surface area (Å²) < 4.78 is 4.91. The highest BCUT2D eigenvalue weighted by molar-refractivity contribution is 5.93. The summed E-state index contributed by atoms with van der Waals surface area (Å²) in [5.74, 6) is -0.0613. The van der Waals surface area contributed by atoms with Gasteiger partial charge in [-0.25, -0.2) is 0 Å². The van der Waals surface area contributed by atoms with Crippen LogP contribution in [0.15, 0.2) is 23.0 Å². The lowest BCUT2D eigenvalue weighted by atomic mass is 9.98. The molecule has 0 aromatic carbocycles. The molecule has 0 atom stereocenters. The highest BCUT2D eigenvalue weighted by Crippen LogP contribution is 2.19. The van der Waals surface area contributed by atoms with Crippen molar-refractivity contribution in [1.82, 2.24) is 10.2 Å². The van der Waals surface area contributed by atoms with Crippen molar-refractivity contribution in [2.24, 2.45) is 0 Å². The largest absolute Gasteiger partial charge is 0.472 e. The van der Waals surface area contributed by atoms with E-state index in [4.69, 9.17) is 4.42 Å². The van der Waals surface area contributed by atoms with Crippen LogP contribution in [0, 0.1) is 0 Å². The molecule has 1 aliphatic rings. The molecule has 0 saturated carbocycles. The highest BCUT2D eigenvalue weighted by Gasteiger charge is 2.28. The zero-order valence-corrected chi connectivity index (χ0v) is 11.2. The monoisotopic (exact) mass is 250 g/mol. The maximum atomic E-state index is 11.8. The van der Waals surface area contributed by atoms with Crippen LogP contribution < -0.4 is 5.32 Å². The Balaban J connectivity index is 1.86. The molecule has 0 spiro atoms. The summed E-state index contributed by atoms with van der Waals surface area (Å²) in [4.78, 5) is 14.3. The van der Waals surface area contributed by atoms with Crippen LogP contribution >= 0.6 is 0 Å². The van der Waals surface area contributed by atoms with Gasteiger partial charge < -0.3 is 9.73 Å². The number of nitrogens with one attached hydrogen (secondary N) is 1. The summed E-state index contributed by atoms with van der Waals surface area (Å²) >= 11 is 0. The number of furan rings is 1. The fourth-order valence-electron chi connectivity index (χ4n) is 2.40. The SMILES string of the molecule is CC(C)(CNC(=O)c1ccoc1)N1CCCCC1. The van der Waals surface area contributed by atoms with E-state index >= 15 is 0 Å². The first-order chi connectivity index (χ1) is 8.59. The Morgan fingerprint density at radius 1 is 1.39 bits per heavy atom. The van der Waals surface area contributed by atoms with E-state index in [0.717, 1.165) is 13.1 Å². The Hall–Kier alpha value is -1.29. The van der Waals surface area contributed by atoms with Gasteiger partial charge in [-0.15, -0.1) is 0 Å². The molecule has 1 N–H and O–H groups in total. The summed E-state index contributed by atoms with van der Waals surface area (Å²) in [6.45, 7) is 7.31. The lowest BCUT2D eigenvalue weighted by Gasteiger charge is -2.41. The quantitative estimate of drug-likeness (QED) is 0.891. The van der Waals surface area contributed by atoms with E-state index < -0.39 is 0 Å². The lowest BCUT2D eigenvalue weighted by molar-refractivity contribution is 0.0797. The van der Waals surface area contributed by atoms with Crippen molar-refractivity contribution >= 4 is 5.91 Å². The molecule has 1 amide bonds. The standard InChI is InChI=1S/C14H22N2O2/c1-14(2,16-7-4-3-5-8-16)11-15-13(17)12-6-9-18-10-12/h6,9-10H,3-5,7-8,11H2,1-2H3,(H,15,17). The average molecular weight is 250 g/mol. The van der Waals surface area contributed by atoms with Gasteiger partial charge in [0.1, 0.15) is 6.26 Å². The minimum absolute atomic E-state index is 0.0137. The Morgan fingerprint density at radius 2 is 2.11 bits per heavy atom. The Kier molecular flexibility index (Phi) is 4.07. The fraction of sp³-hybridized carbons (Fsp3) is 0.643. The number of hydrogen-bond donors (Lipinski definition) is 1. The topological polar surface area (TPSA) is 45.5 Å². The van der Waals surface area contributed by atoms with Crippen molar-refractivity contribution in [2.75, 3.05) is 19.6 Å². The molecule has 1 fully saturated rings. The summed E-state index contributed by atoms with van der Waals surface area (Å²) in [7, 11) is 0. The number of carbonyl (C=O) groups excluding carboxylic acids is 1. The molecule has 4 heteroatoms. The Bertz CT molecular complexity index is 379. The summed E-state index contributed by atoms with van der Waals surface area (Å²) in [5, 5.41) is 2.98. The zero-order chi connectivity index (χ0) is 13.0. The molecular formula is C14H22N2O2. The summed E-state index contributed by atoms with van der Waals surface area (Å²) in [5.41, 5.74) is 0.601. The molecule has 0 unspecified atom stereocenters. The molecular weight excluding hydrogens is 228 g/mol. The van der Waals surface area contributed by atoms with E-state index in [9.17, 15) is 4.79 Å². The van der Waals surface area contributed by atoms with Gasteiger partial charge in [0.25, 0.3) is 5.91 Å². The van der Waals surface area contributed by atoms with Crippen LogP contribution in [0.2, 0.25) is 0 Å². The van der Waals surface area contributed by atoms with E-state index in [2.05, 4.69) is 24.1 Å². The van der Waals surface area contributed by atoms with Gasteiger partial charge in [0.2, 0.25) is 0 Å². The van der Waals surface area contributed by atoms with Crippen LogP contribution in [-0.4, -0.2) is 36.0 Å². The van der Waals surface area contributed by atoms with Gasteiger partial charge in [-0.2, -0.15) is 0 Å². The van der Waals surface area contributed by atoms with E-state index in [1.807, 2.05) is 0 Å². The molecule has 2 heterocycles. The number of carbonyl (C=O) groups is 1. The minimum Gasteiger partial charge on any atom is -0.472 e. The molecule has 0 aliphatic carbocycles. The molecule has 2 rings (SSSR count). The van der Waals surface area contributed by atoms with Gasteiger partial charge in [-0.3, -0.25) is 9.69 Å². The second kappa shape index (κ2) is 5.57. The van der Waals surface area contributed by atoms with Crippen molar-refractivity contribution in [3.05, 3.63) is 24.2 Å². The van der Waals surface area contributed by atoms with Crippen LogP contribution in [0.1, 0.15) is 43.5 Å². The maximum Gasteiger partial charge on any atom is 0.254 e. The first-order valence-electron chi connectivity index (χ1n) is 6.65. The normalized spacial score (nSPS) is 17.7. The molecule has 1 aromatic rings. The number of piperidine rings is 1.